The van der Waals surface area contributed by atoms with Crippen molar-refractivity contribution in [3.8, 4) is 0 Å². The predicted molar refractivity (Wildman–Crippen MR) is 71.4 cm³/mol. The summed E-state index contributed by atoms with van der Waals surface area (Å²) in [6, 6.07) is 9.84. The molecule has 3 nitrogen and oxygen atoms in total. The van der Waals surface area contributed by atoms with Gasteiger partial charge in [0, 0.05) is 25.2 Å². The fourth-order valence-electron chi connectivity index (χ4n) is 1.75. The van der Waals surface area contributed by atoms with Gasteiger partial charge in [0.15, 0.2) is 5.05 Å². The minimum atomic E-state index is 0.582. The van der Waals surface area contributed by atoms with Crippen molar-refractivity contribution in [2.24, 2.45) is 0 Å². The normalized spacial score (nSPS) is 16.7. The maximum absolute atomic E-state index is 5.58. The van der Waals surface area contributed by atoms with Crippen LogP contribution in [0.1, 0.15) is 5.56 Å². The van der Waals surface area contributed by atoms with Crippen LogP contribution >= 0.6 is 12.2 Å². The highest BCUT2D eigenvalue weighted by atomic mass is 32.1. The molecule has 1 aliphatic heterocycles. The van der Waals surface area contributed by atoms with Crippen molar-refractivity contribution in [3.63, 3.8) is 0 Å². The van der Waals surface area contributed by atoms with Crippen LogP contribution in [0.15, 0.2) is 30.3 Å². The van der Waals surface area contributed by atoms with Crippen LogP contribution in [-0.2, 0) is 9.47 Å². The van der Waals surface area contributed by atoms with Gasteiger partial charge in [0.05, 0.1) is 13.2 Å². The molecule has 1 fully saturated rings. The lowest BCUT2D eigenvalue weighted by atomic mass is 10.2. The summed E-state index contributed by atoms with van der Waals surface area (Å²) in [4.78, 5) is 2.33. The minimum Gasteiger partial charge on any atom is -0.482 e. The number of rotatable bonds is 4. The summed E-state index contributed by atoms with van der Waals surface area (Å²) in [6.07, 6.45) is 0. The average molecular weight is 251 g/mol. The van der Waals surface area contributed by atoms with E-state index in [4.69, 9.17) is 21.7 Å². The Balaban J connectivity index is 1.69. The zero-order valence-corrected chi connectivity index (χ0v) is 10.6. The number of hydrogen-bond donors (Lipinski definition) is 0. The molecule has 4 heteroatoms. The van der Waals surface area contributed by atoms with Crippen molar-refractivity contribution in [1.29, 1.82) is 0 Å². The van der Waals surface area contributed by atoms with Gasteiger partial charge in [0.2, 0.25) is 0 Å². The molecule has 2 rings (SSSR count). The number of ether oxygens (including phenoxy) is 2. The third-order valence-corrected chi connectivity index (χ3v) is 3.11. The van der Waals surface area contributed by atoms with Gasteiger partial charge in [-0.15, -0.1) is 0 Å². The van der Waals surface area contributed by atoms with Gasteiger partial charge in [-0.1, -0.05) is 30.3 Å². The molecule has 1 aromatic rings. The van der Waals surface area contributed by atoms with Gasteiger partial charge < -0.3 is 9.47 Å². The van der Waals surface area contributed by atoms with Gasteiger partial charge in [-0.25, -0.2) is 0 Å². The molecule has 1 aromatic carbocycles. The second kappa shape index (κ2) is 6.69. The van der Waals surface area contributed by atoms with Crippen molar-refractivity contribution < 1.29 is 9.47 Å². The molecule has 0 bridgehead atoms. The first-order valence-electron chi connectivity index (χ1n) is 5.88. The van der Waals surface area contributed by atoms with E-state index in [1.165, 1.54) is 0 Å². The quantitative estimate of drug-likeness (QED) is 0.759. The monoisotopic (exact) mass is 251 g/mol. The van der Waals surface area contributed by atoms with E-state index >= 15 is 0 Å². The molecule has 1 saturated heterocycles. The van der Waals surface area contributed by atoms with Crippen LogP contribution in [0.2, 0.25) is 0 Å². The van der Waals surface area contributed by atoms with Crippen molar-refractivity contribution in [1.82, 2.24) is 4.90 Å². The summed E-state index contributed by atoms with van der Waals surface area (Å²) < 4.78 is 10.9. The van der Waals surface area contributed by atoms with E-state index in [1.54, 1.807) is 0 Å². The highest BCUT2D eigenvalue weighted by Gasteiger charge is 2.10. The zero-order valence-electron chi connectivity index (χ0n) is 9.80. The van der Waals surface area contributed by atoms with Crippen LogP contribution in [0.4, 0.5) is 0 Å². The average Bonchev–Trinajstić information content (AvgIpc) is 2.41. The first-order chi connectivity index (χ1) is 8.36. The van der Waals surface area contributed by atoms with Crippen LogP contribution in [0.3, 0.4) is 0 Å². The molecule has 0 aliphatic carbocycles. The van der Waals surface area contributed by atoms with Crippen LogP contribution in [0, 0.1) is 0 Å². The summed E-state index contributed by atoms with van der Waals surface area (Å²) in [5, 5.41) is 0.582. The Morgan fingerprint density at radius 2 is 1.94 bits per heavy atom. The SMILES string of the molecule is S=C(OCCN1CCOCC1)c1ccccc1. The molecule has 92 valence electrons. The van der Waals surface area contributed by atoms with Crippen LogP contribution in [-0.4, -0.2) is 49.4 Å². The molecule has 0 atom stereocenters. The molecule has 0 amide bonds. The molecule has 0 saturated carbocycles. The van der Waals surface area contributed by atoms with Gasteiger partial charge in [-0.2, -0.15) is 0 Å². The van der Waals surface area contributed by atoms with Crippen molar-refractivity contribution >= 4 is 17.3 Å². The Labute approximate surface area is 107 Å². The summed E-state index contributed by atoms with van der Waals surface area (Å²) >= 11 is 5.22. The first kappa shape index (κ1) is 12.5. The predicted octanol–water partition coefficient (Wildman–Crippen LogP) is 1.71. The highest BCUT2D eigenvalue weighted by molar-refractivity contribution is 7.80. The smallest absolute Gasteiger partial charge is 0.191 e. The fraction of sp³-hybridized carbons (Fsp3) is 0.462. The van der Waals surface area contributed by atoms with Gasteiger partial charge in [0.25, 0.3) is 0 Å². The molecule has 0 unspecified atom stereocenters. The second-order valence-electron chi connectivity index (χ2n) is 3.96. The molecule has 0 radical (unpaired) electrons. The molecular weight excluding hydrogens is 234 g/mol. The number of hydrogen-bond acceptors (Lipinski definition) is 4. The number of benzene rings is 1. The lowest BCUT2D eigenvalue weighted by Gasteiger charge is -2.26. The van der Waals surface area contributed by atoms with E-state index < -0.39 is 0 Å². The minimum absolute atomic E-state index is 0.582. The van der Waals surface area contributed by atoms with Crippen molar-refractivity contribution in [2.75, 3.05) is 39.5 Å². The molecule has 0 N–H and O–H groups in total. The number of nitrogens with zero attached hydrogens (tertiary/aromatic N) is 1. The number of thiocarbonyl (C=S) groups is 1. The fourth-order valence-corrected chi connectivity index (χ4v) is 1.97. The van der Waals surface area contributed by atoms with E-state index in [2.05, 4.69) is 4.90 Å². The Kier molecular flexibility index (Phi) is 4.91. The van der Waals surface area contributed by atoms with Gasteiger partial charge >= 0.3 is 0 Å². The molecule has 1 heterocycles. The summed E-state index contributed by atoms with van der Waals surface area (Å²) in [5.41, 5.74) is 0.976. The lowest BCUT2D eigenvalue weighted by molar-refractivity contribution is 0.0318. The van der Waals surface area contributed by atoms with E-state index in [0.29, 0.717) is 11.7 Å². The second-order valence-corrected chi connectivity index (χ2v) is 4.33. The Hall–Kier alpha value is -0.970. The molecule has 0 aromatic heterocycles. The number of morpholine rings is 1. The Morgan fingerprint density at radius 3 is 2.65 bits per heavy atom. The van der Waals surface area contributed by atoms with E-state index in [-0.39, 0.29) is 0 Å². The van der Waals surface area contributed by atoms with E-state index in [1.807, 2.05) is 30.3 Å². The van der Waals surface area contributed by atoms with Gasteiger partial charge in [-0.05, 0) is 12.2 Å². The Bertz CT molecular complexity index is 350. The first-order valence-corrected chi connectivity index (χ1v) is 6.29. The zero-order chi connectivity index (χ0) is 11.9. The molecular formula is C13H17NO2S. The lowest BCUT2D eigenvalue weighted by Crippen LogP contribution is -2.38. The summed E-state index contributed by atoms with van der Waals surface area (Å²) in [5.74, 6) is 0. The standard InChI is InChI=1S/C13H17NO2S/c17-13(12-4-2-1-3-5-12)16-11-8-14-6-9-15-10-7-14/h1-5H,6-11H2. The molecule has 1 aliphatic rings. The van der Waals surface area contributed by atoms with Crippen LogP contribution in [0.5, 0.6) is 0 Å². The highest BCUT2D eigenvalue weighted by Crippen LogP contribution is 2.03. The molecule has 0 spiro atoms. The van der Waals surface area contributed by atoms with E-state index in [9.17, 15) is 0 Å². The third-order valence-electron chi connectivity index (χ3n) is 2.75. The van der Waals surface area contributed by atoms with Gasteiger partial charge in [0.1, 0.15) is 6.61 Å². The molecule has 17 heavy (non-hydrogen) atoms. The largest absolute Gasteiger partial charge is 0.482 e. The van der Waals surface area contributed by atoms with Crippen molar-refractivity contribution in [3.05, 3.63) is 35.9 Å². The summed E-state index contributed by atoms with van der Waals surface area (Å²) in [6.45, 7) is 5.18. The van der Waals surface area contributed by atoms with E-state index in [0.717, 1.165) is 38.4 Å². The topological polar surface area (TPSA) is 21.7 Å². The van der Waals surface area contributed by atoms with Crippen LogP contribution in [0.25, 0.3) is 0 Å². The maximum Gasteiger partial charge on any atom is 0.191 e. The van der Waals surface area contributed by atoms with Crippen LogP contribution < -0.4 is 0 Å². The van der Waals surface area contributed by atoms with Gasteiger partial charge in [-0.3, -0.25) is 4.90 Å². The maximum atomic E-state index is 5.58. The third kappa shape index (κ3) is 4.07. The Morgan fingerprint density at radius 1 is 1.24 bits per heavy atom. The summed E-state index contributed by atoms with van der Waals surface area (Å²) in [7, 11) is 0. The van der Waals surface area contributed by atoms with Crippen molar-refractivity contribution in [2.45, 2.75) is 0 Å².